The van der Waals surface area contributed by atoms with Crippen LogP contribution < -0.4 is 5.32 Å². The van der Waals surface area contributed by atoms with Crippen molar-refractivity contribution in [1.29, 1.82) is 0 Å². The molecule has 0 saturated heterocycles. The quantitative estimate of drug-likeness (QED) is 0.483. The minimum atomic E-state index is -0.539. The van der Waals surface area contributed by atoms with E-state index in [0.717, 1.165) is 30.5 Å². The van der Waals surface area contributed by atoms with Crippen molar-refractivity contribution in [3.63, 3.8) is 0 Å². The van der Waals surface area contributed by atoms with Crippen molar-refractivity contribution in [2.24, 2.45) is 0 Å². The van der Waals surface area contributed by atoms with Gasteiger partial charge in [0.25, 0.3) is 11.6 Å². The summed E-state index contributed by atoms with van der Waals surface area (Å²) < 4.78 is 0. The van der Waals surface area contributed by atoms with Crippen LogP contribution >= 0.6 is 23.2 Å². The number of nitro groups is 1. The number of benzene rings is 2. The smallest absolute Gasteiger partial charge is 0.271 e. The number of hydrogen-bond acceptors (Lipinski definition) is 4. The number of pyridine rings is 1. The summed E-state index contributed by atoms with van der Waals surface area (Å²) in [7, 11) is 0. The van der Waals surface area contributed by atoms with E-state index in [2.05, 4.69) is 10.3 Å². The molecule has 1 aromatic heterocycles. The van der Waals surface area contributed by atoms with Crippen LogP contribution in [0.25, 0.3) is 10.9 Å². The Kier molecular flexibility index (Phi) is 4.45. The van der Waals surface area contributed by atoms with Crippen molar-refractivity contribution in [1.82, 2.24) is 4.98 Å². The van der Waals surface area contributed by atoms with E-state index in [1.54, 1.807) is 18.2 Å². The maximum absolute atomic E-state index is 13.1. The van der Waals surface area contributed by atoms with Crippen LogP contribution in [0.1, 0.15) is 28.0 Å². The second kappa shape index (κ2) is 6.79. The number of anilines is 1. The number of nitrogens with zero attached hydrogens (tertiary/aromatic N) is 2. The van der Waals surface area contributed by atoms with Crippen LogP contribution in [-0.4, -0.2) is 15.8 Å². The Labute approximate surface area is 164 Å². The largest absolute Gasteiger partial charge is 0.321 e. The van der Waals surface area contributed by atoms with Gasteiger partial charge >= 0.3 is 0 Å². The van der Waals surface area contributed by atoms with Gasteiger partial charge in [0.1, 0.15) is 0 Å². The number of carbonyl (C=O) groups is 1. The van der Waals surface area contributed by atoms with Crippen molar-refractivity contribution >= 4 is 51.4 Å². The molecule has 4 rings (SSSR count). The van der Waals surface area contributed by atoms with E-state index in [-0.39, 0.29) is 16.6 Å². The number of carbonyl (C=O) groups excluding carboxylic acids is 1. The van der Waals surface area contributed by atoms with Crippen LogP contribution in [0.4, 0.5) is 11.4 Å². The van der Waals surface area contributed by atoms with Crippen LogP contribution in [0.5, 0.6) is 0 Å². The van der Waals surface area contributed by atoms with Gasteiger partial charge in [0, 0.05) is 28.2 Å². The highest BCUT2D eigenvalue weighted by molar-refractivity contribution is 6.34. The fourth-order valence-electron chi connectivity index (χ4n) is 3.40. The van der Waals surface area contributed by atoms with E-state index in [1.807, 2.05) is 0 Å². The molecule has 0 fully saturated rings. The van der Waals surface area contributed by atoms with Gasteiger partial charge in [-0.15, -0.1) is 0 Å². The molecule has 1 N–H and O–H groups in total. The van der Waals surface area contributed by atoms with Gasteiger partial charge in [-0.3, -0.25) is 19.9 Å². The Morgan fingerprint density at radius 3 is 2.70 bits per heavy atom. The molecule has 8 heteroatoms. The zero-order valence-electron chi connectivity index (χ0n) is 14.0. The standard InChI is InChI=1S/C19H13Cl2N3O3/c20-10-4-6-16-13(8-10)18(12-2-1-3-15(12)22-16)19(25)23-17-7-5-11(24(26)27)9-14(17)21/h4-9H,1-3H2,(H,23,25). The van der Waals surface area contributed by atoms with Gasteiger partial charge < -0.3 is 5.32 Å². The first-order valence-corrected chi connectivity index (χ1v) is 9.06. The lowest BCUT2D eigenvalue weighted by atomic mass is 10.0. The highest BCUT2D eigenvalue weighted by Gasteiger charge is 2.24. The maximum atomic E-state index is 13.1. The van der Waals surface area contributed by atoms with Gasteiger partial charge in [-0.05, 0) is 49.1 Å². The van der Waals surface area contributed by atoms with Gasteiger partial charge in [0.15, 0.2) is 0 Å². The van der Waals surface area contributed by atoms with E-state index in [0.29, 0.717) is 27.2 Å². The van der Waals surface area contributed by atoms with Crippen molar-refractivity contribution in [3.8, 4) is 0 Å². The lowest BCUT2D eigenvalue weighted by molar-refractivity contribution is -0.384. The number of aromatic nitrogens is 1. The summed E-state index contributed by atoms with van der Waals surface area (Å²) in [6.07, 6.45) is 2.53. The predicted molar refractivity (Wildman–Crippen MR) is 105 cm³/mol. The normalized spacial score (nSPS) is 12.8. The molecule has 27 heavy (non-hydrogen) atoms. The van der Waals surface area contributed by atoms with Gasteiger partial charge in [-0.2, -0.15) is 0 Å². The highest BCUT2D eigenvalue weighted by Crippen LogP contribution is 2.33. The average molecular weight is 402 g/mol. The van der Waals surface area contributed by atoms with Crippen LogP contribution in [0.3, 0.4) is 0 Å². The summed E-state index contributed by atoms with van der Waals surface area (Å²) in [5.41, 5.74) is 3.25. The summed E-state index contributed by atoms with van der Waals surface area (Å²) in [5, 5.41) is 14.9. The minimum Gasteiger partial charge on any atom is -0.321 e. The van der Waals surface area contributed by atoms with E-state index in [4.69, 9.17) is 23.2 Å². The van der Waals surface area contributed by atoms with E-state index >= 15 is 0 Å². The number of rotatable bonds is 3. The lowest BCUT2D eigenvalue weighted by Gasteiger charge is -2.13. The Morgan fingerprint density at radius 1 is 1.15 bits per heavy atom. The molecule has 0 atom stereocenters. The third-order valence-electron chi connectivity index (χ3n) is 4.61. The third-order valence-corrected chi connectivity index (χ3v) is 5.16. The zero-order valence-corrected chi connectivity index (χ0v) is 15.5. The molecule has 1 aliphatic carbocycles. The molecule has 1 heterocycles. The molecule has 0 bridgehead atoms. The highest BCUT2D eigenvalue weighted by atomic mass is 35.5. The average Bonchev–Trinajstić information content (AvgIpc) is 3.09. The van der Waals surface area contributed by atoms with E-state index in [9.17, 15) is 14.9 Å². The molecule has 3 aromatic rings. The number of non-ortho nitro benzene ring substituents is 1. The molecule has 136 valence electrons. The van der Waals surface area contributed by atoms with Crippen LogP contribution in [0, 0.1) is 10.1 Å². The summed E-state index contributed by atoms with van der Waals surface area (Å²) in [6, 6.07) is 9.21. The number of amides is 1. The van der Waals surface area contributed by atoms with Crippen LogP contribution in [0.15, 0.2) is 36.4 Å². The zero-order chi connectivity index (χ0) is 19.1. The molecule has 1 amide bonds. The Morgan fingerprint density at radius 2 is 1.96 bits per heavy atom. The monoisotopic (exact) mass is 401 g/mol. The Bertz CT molecular complexity index is 1120. The predicted octanol–water partition coefficient (Wildman–Crippen LogP) is 5.19. The first-order valence-electron chi connectivity index (χ1n) is 8.30. The van der Waals surface area contributed by atoms with Gasteiger partial charge in [0.05, 0.1) is 26.7 Å². The number of aryl methyl sites for hydroxylation is 1. The SMILES string of the molecule is O=C(Nc1ccc([N+](=O)[O-])cc1Cl)c1c2c(nc3ccc(Cl)cc13)CCC2. The van der Waals surface area contributed by atoms with Crippen molar-refractivity contribution in [2.45, 2.75) is 19.3 Å². The molecule has 0 radical (unpaired) electrons. The van der Waals surface area contributed by atoms with Gasteiger partial charge in [0.2, 0.25) is 0 Å². The summed E-state index contributed by atoms with van der Waals surface area (Å²) >= 11 is 12.2. The fraction of sp³-hybridized carbons (Fsp3) is 0.158. The van der Waals surface area contributed by atoms with Crippen molar-refractivity contribution in [3.05, 3.63) is 73.4 Å². The summed E-state index contributed by atoms with van der Waals surface area (Å²) in [6.45, 7) is 0. The molecule has 2 aromatic carbocycles. The minimum absolute atomic E-state index is 0.102. The number of hydrogen-bond donors (Lipinski definition) is 1. The van der Waals surface area contributed by atoms with Crippen molar-refractivity contribution < 1.29 is 9.72 Å². The van der Waals surface area contributed by atoms with Crippen LogP contribution in [-0.2, 0) is 12.8 Å². The number of halogens is 2. The molecular weight excluding hydrogens is 389 g/mol. The number of fused-ring (bicyclic) bond motifs is 2. The van der Waals surface area contributed by atoms with Crippen molar-refractivity contribution in [2.75, 3.05) is 5.32 Å². The molecule has 0 unspecified atom stereocenters. The van der Waals surface area contributed by atoms with E-state index < -0.39 is 4.92 Å². The lowest BCUT2D eigenvalue weighted by Crippen LogP contribution is -2.16. The molecule has 1 aliphatic rings. The maximum Gasteiger partial charge on any atom is 0.271 e. The molecule has 6 nitrogen and oxygen atoms in total. The summed E-state index contributed by atoms with van der Waals surface area (Å²) in [4.78, 5) is 28.1. The van der Waals surface area contributed by atoms with Crippen LogP contribution in [0.2, 0.25) is 10.0 Å². The Balaban J connectivity index is 1.79. The topological polar surface area (TPSA) is 85.1 Å². The van der Waals surface area contributed by atoms with Gasteiger partial charge in [-0.1, -0.05) is 23.2 Å². The van der Waals surface area contributed by atoms with E-state index in [1.165, 1.54) is 18.2 Å². The summed E-state index contributed by atoms with van der Waals surface area (Å²) in [5.74, 6) is -0.335. The molecular formula is C19H13Cl2N3O3. The molecule has 0 saturated carbocycles. The first-order chi connectivity index (χ1) is 12.9. The second-order valence-corrected chi connectivity index (χ2v) is 7.15. The third kappa shape index (κ3) is 3.22. The first kappa shape index (κ1) is 17.7. The fourth-order valence-corrected chi connectivity index (χ4v) is 3.79. The Hall–Kier alpha value is -2.70. The number of nitrogens with one attached hydrogen (secondary N) is 1. The second-order valence-electron chi connectivity index (χ2n) is 6.30. The molecule has 0 aliphatic heterocycles. The number of nitro benzene ring substituents is 1. The molecule has 0 spiro atoms. The van der Waals surface area contributed by atoms with Gasteiger partial charge in [-0.25, -0.2) is 0 Å².